The number of nitrogens with two attached hydrogens (primary N) is 1. The van der Waals surface area contributed by atoms with Gasteiger partial charge in [0.15, 0.2) is 0 Å². The van der Waals surface area contributed by atoms with Gasteiger partial charge in [-0.2, -0.15) is 0 Å². The normalized spacial score (nSPS) is 21.1. The zero-order chi connectivity index (χ0) is 14.5. The molecule has 2 rings (SSSR count). The van der Waals surface area contributed by atoms with Crippen LogP contribution in [0.4, 0.5) is 0 Å². The molecule has 112 valence electrons. The molecule has 1 aliphatic heterocycles. The van der Waals surface area contributed by atoms with Crippen molar-refractivity contribution < 1.29 is 4.74 Å². The Morgan fingerprint density at radius 1 is 1.25 bits per heavy atom. The smallest absolute Gasteiger partial charge is 0.0702 e. The van der Waals surface area contributed by atoms with E-state index in [2.05, 4.69) is 44.0 Å². The molecule has 0 saturated carbocycles. The Labute approximate surface area is 123 Å². The van der Waals surface area contributed by atoms with Gasteiger partial charge in [0.1, 0.15) is 0 Å². The number of benzene rings is 1. The molecule has 20 heavy (non-hydrogen) atoms. The third kappa shape index (κ3) is 4.05. The van der Waals surface area contributed by atoms with Crippen LogP contribution in [0, 0.1) is 13.8 Å². The molecule has 1 aliphatic rings. The van der Waals surface area contributed by atoms with Gasteiger partial charge >= 0.3 is 0 Å². The van der Waals surface area contributed by atoms with Crippen molar-refractivity contribution in [3.63, 3.8) is 0 Å². The first kappa shape index (κ1) is 15.5. The second-order valence-electron chi connectivity index (χ2n) is 6.10. The van der Waals surface area contributed by atoms with Gasteiger partial charge in [-0.1, -0.05) is 29.3 Å². The van der Waals surface area contributed by atoms with Crippen LogP contribution < -0.4 is 5.73 Å². The Morgan fingerprint density at radius 2 is 1.95 bits per heavy atom. The molecule has 0 radical (unpaired) electrons. The molecule has 3 heteroatoms. The molecule has 1 heterocycles. The molecule has 0 aliphatic carbocycles. The van der Waals surface area contributed by atoms with Crippen molar-refractivity contribution in [2.45, 2.75) is 45.3 Å². The van der Waals surface area contributed by atoms with Gasteiger partial charge in [-0.15, -0.1) is 0 Å². The fourth-order valence-corrected chi connectivity index (χ4v) is 3.17. The molecule has 1 aromatic carbocycles. The summed E-state index contributed by atoms with van der Waals surface area (Å²) in [4.78, 5) is 2.35. The minimum atomic E-state index is 0.277. The van der Waals surface area contributed by atoms with Crippen LogP contribution in [-0.4, -0.2) is 37.7 Å². The lowest BCUT2D eigenvalue weighted by Crippen LogP contribution is -2.38. The van der Waals surface area contributed by atoms with Crippen molar-refractivity contribution in [1.29, 1.82) is 0 Å². The Hall–Kier alpha value is -0.900. The molecule has 2 N–H and O–H groups in total. The second kappa shape index (κ2) is 7.21. The summed E-state index contributed by atoms with van der Waals surface area (Å²) in [5.74, 6) is 0. The second-order valence-corrected chi connectivity index (χ2v) is 6.10. The lowest BCUT2D eigenvalue weighted by Gasteiger charge is -2.32. The van der Waals surface area contributed by atoms with Crippen molar-refractivity contribution in [3.8, 4) is 0 Å². The van der Waals surface area contributed by atoms with Gasteiger partial charge in [0, 0.05) is 25.7 Å². The van der Waals surface area contributed by atoms with Crippen LogP contribution in [0.5, 0.6) is 0 Å². The summed E-state index contributed by atoms with van der Waals surface area (Å²) in [6.45, 7) is 6.82. The largest absolute Gasteiger partial charge is 0.377 e. The van der Waals surface area contributed by atoms with Crippen LogP contribution in [0.2, 0.25) is 0 Å². The van der Waals surface area contributed by atoms with Gasteiger partial charge in [-0.05, 0) is 45.7 Å². The number of rotatable bonds is 5. The minimum absolute atomic E-state index is 0.277. The summed E-state index contributed by atoms with van der Waals surface area (Å²) < 4.78 is 5.84. The standard InChI is InChI=1S/C17H28N2O/c1-13-8-14(2)10-15(9-13)17(11-18)19(3)12-16-6-4-5-7-20-16/h8-10,16-17H,4-7,11-12,18H2,1-3H3. The highest BCUT2D eigenvalue weighted by Gasteiger charge is 2.21. The Balaban J connectivity index is 2.05. The van der Waals surface area contributed by atoms with Crippen molar-refractivity contribution in [3.05, 3.63) is 34.9 Å². The van der Waals surface area contributed by atoms with Crippen molar-refractivity contribution in [2.75, 3.05) is 26.7 Å². The van der Waals surface area contributed by atoms with E-state index < -0.39 is 0 Å². The third-order valence-corrected chi connectivity index (χ3v) is 4.15. The predicted octanol–water partition coefficient (Wildman–Crippen LogP) is 2.80. The van der Waals surface area contributed by atoms with Crippen LogP contribution in [0.1, 0.15) is 42.0 Å². The highest BCUT2D eigenvalue weighted by atomic mass is 16.5. The molecule has 1 saturated heterocycles. The average Bonchev–Trinajstić information content (AvgIpc) is 2.39. The zero-order valence-corrected chi connectivity index (χ0v) is 13.1. The van der Waals surface area contributed by atoms with Gasteiger partial charge in [0.2, 0.25) is 0 Å². The van der Waals surface area contributed by atoms with Gasteiger partial charge in [0.05, 0.1) is 6.10 Å². The maximum atomic E-state index is 6.03. The Kier molecular flexibility index (Phi) is 5.58. The fraction of sp³-hybridized carbons (Fsp3) is 0.647. The predicted molar refractivity (Wildman–Crippen MR) is 83.9 cm³/mol. The molecule has 1 aromatic rings. The molecule has 2 unspecified atom stereocenters. The SMILES string of the molecule is Cc1cc(C)cc(C(CN)N(C)CC2CCCCO2)c1. The highest BCUT2D eigenvalue weighted by molar-refractivity contribution is 5.31. The molecule has 2 atom stereocenters. The first-order valence-electron chi connectivity index (χ1n) is 7.70. The van der Waals surface area contributed by atoms with Gasteiger partial charge in [-0.25, -0.2) is 0 Å². The van der Waals surface area contributed by atoms with E-state index in [4.69, 9.17) is 10.5 Å². The van der Waals surface area contributed by atoms with E-state index in [1.807, 2.05) is 0 Å². The zero-order valence-electron chi connectivity index (χ0n) is 13.1. The number of likely N-dealkylation sites (N-methyl/N-ethyl adjacent to an activating group) is 1. The number of nitrogens with zero attached hydrogens (tertiary/aromatic N) is 1. The van der Waals surface area contributed by atoms with E-state index in [9.17, 15) is 0 Å². The number of hydrogen-bond acceptors (Lipinski definition) is 3. The van der Waals surface area contributed by atoms with Crippen LogP contribution in [0.25, 0.3) is 0 Å². The lowest BCUT2D eigenvalue weighted by atomic mass is 9.99. The van der Waals surface area contributed by atoms with Crippen molar-refractivity contribution >= 4 is 0 Å². The maximum Gasteiger partial charge on any atom is 0.0702 e. The monoisotopic (exact) mass is 276 g/mol. The molecule has 0 amide bonds. The first-order chi connectivity index (χ1) is 9.60. The first-order valence-corrected chi connectivity index (χ1v) is 7.70. The van der Waals surface area contributed by atoms with E-state index in [-0.39, 0.29) is 6.04 Å². The van der Waals surface area contributed by atoms with Gasteiger partial charge in [0.25, 0.3) is 0 Å². The molecule has 0 aromatic heterocycles. The van der Waals surface area contributed by atoms with E-state index in [0.29, 0.717) is 12.6 Å². The molecule has 3 nitrogen and oxygen atoms in total. The topological polar surface area (TPSA) is 38.5 Å². The Morgan fingerprint density at radius 3 is 2.50 bits per heavy atom. The summed E-state index contributed by atoms with van der Waals surface area (Å²) in [7, 11) is 2.16. The summed E-state index contributed by atoms with van der Waals surface area (Å²) >= 11 is 0. The van der Waals surface area contributed by atoms with E-state index in [1.165, 1.54) is 36.0 Å². The quantitative estimate of drug-likeness (QED) is 0.898. The number of aryl methyl sites for hydroxylation is 2. The molecule has 1 fully saturated rings. The summed E-state index contributed by atoms with van der Waals surface area (Å²) in [5.41, 5.74) is 9.96. The summed E-state index contributed by atoms with van der Waals surface area (Å²) in [6.07, 6.45) is 4.04. The summed E-state index contributed by atoms with van der Waals surface area (Å²) in [5, 5.41) is 0. The van der Waals surface area contributed by atoms with Crippen molar-refractivity contribution in [2.24, 2.45) is 5.73 Å². The van der Waals surface area contributed by atoms with Crippen LogP contribution in [0.15, 0.2) is 18.2 Å². The third-order valence-electron chi connectivity index (χ3n) is 4.15. The minimum Gasteiger partial charge on any atom is -0.377 e. The molecule has 0 spiro atoms. The summed E-state index contributed by atoms with van der Waals surface area (Å²) in [6, 6.07) is 6.99. The van der Waals surface area contributed by atoms with Gasteiger partial charge in [-0.3, -0.25) is 4.90 Å². The average molecular weight is 276 g/mol. The molecular formula is C17H28N2O. The van der Waals surface area contributed by atoms with E-state index >= 15 is 0 Å². The van der Waals surface area contributed by atoms with E-state index in [1.54, 1.807) is 0 Å². The van der Waals surface area contributed by atoms with Crippen LogP contribution in [-0.2, 0) is 4.74 Å². The fourth-order valence-electron chi connectivity index (χ4n) is 3.17. The van der Waals surface area contributed by atoms with Crippen LogP contribution >= 0.6 is 0 Å². The number of hydrogen-bond donors (Lipinski definition) is 1. The highest BCUT2D eigenvalue weighted by Crippen LogP contribution is 2.23. The molecule has 0 bridgehead atoms. The van der Waals surface area contributed by atoms with E-state index in [0.717, 1.165) is 13.2 Å². The number of ether oxygens (including phenoxy) is 1. The maximum absolute atomic E-state index is 6.03. The van der Waals surface area contributed by atoms with Crippen molar-refractivity contribution in [1.82, 2.24) is 4.90 Å². The molecular weight excluding hydrogens is 248 g/mol. The van der Waals surface area contributed by atoms with Crippen LogP contribution in [0.3, 0.4) is 0 Å². The Bertz CT molecular complexity index is 407. The lowest BCUT2D eigenvalue weighted by molar-refractivity contribution is -0.00778. The van der Waals surface area contributed by atoms with Gasteiger partial charge < -0.3 is 10.5 Å².